The molecule has 1 aliphatic carbocycles. The van der Waals surface area contributed by atoms with Crippen LogP contribution in [-0.2, 0) is 0 Å². The van der Waals surface area contributed by atoms with Crippen molar-refractivity contribution in [1.82, 2.24) is 5.32 Å². The zero-order valence-electron chi connectivity index (χ0n) is 13.4. The number of nitrogens with zero attached hydrogens (tertiary/aromatic N) is 1. The molecule has 0 bridgehead atoms. The molecule has 0 saturated carbocycles. The van der Waals surface area contributed by atoms with Gasteiger partial charge >= 0.3 is 0 Å². The van der Waals surface area contributed by atoms with Crippen LogP contribution in [0.1, 0.15) is 38.0 Å². The van der Waals surface area contributed by atoms with Gasteiger partial charge in [0.2, 0.25) is 0 Å². The van der Waals surface area contributed by atoms with Crippen molar-refractivity contribution in [3.05, 3.63) is 64.4 Å². The highest BCUT2D eigenvalue weighted by Crippen LogP contribution is 2.17. The number of aliphatic imine (C=N–C) groups is 1. The highest BCUT2D eigenvalue weighted by atomic mass is 32.1. The fourth-order valence-corrected chi connectivity index (χ4v) is 2.98. The van der Waals surface area contributed by atoms with Gasteiger partial charge in [-0.05, 0) is 50.1 Å². The third-order valence-electron chi connectivity index (χ3n) is 3.56. The molecule has 0 saturated heterocycles. The van der Waals surface area contributed by atoms with Gasteiger partial charge in [0.15, 0.2) is 0 Å². The van der Waals surface area contributed by atoms with E-state index in [1.165, 1.54) is 17.6 Å². The highest BCUT2D eigenvalue weighted by Gasteiger charge is 2.02. The first kappa shape index (κ1) is 16.5. The monoisotopic (exact) mass is 312 g/mol. The van der Waals surface area contributed by atoms with Gasteiger partial charge in [0.1, 0.15) is 0 Å². The number of hydrogen-bond acceptors (Lipinski definition) is 2. The van der Waals surface area contributed by atoms with Crippen LogP contribution in [0.15, 0.2) is 64.5 Å². The molecule has 1 N–H and O–H groups in total. The largest absolute Gasteiger partial charge is 0.344 e. The Morgan fingerprint density at radius 2 is 2.36 bits per heavy atom. The van der Waals surface area contributed by atoms with Gasteiger partial charge in [0.05, 0.1) is 12.4 Å². The van der Waals surface area contributed by atoms with Crippen LogP contribution in [0.5, 0.6) is 0 Å². The van der Waals surface area contributed by atoms with Crippen molar-refractivity contribution >= 4 is 22.9 Å². The van der Waals surface area contributed by atoms with E-state index in [1.807, 2.05) is 13.0 Å². The van der Waals surface area contributed by atoms with Crippen molar-refractivity contribution in [1.29, 1.82) is 0 Å². The van der Waals surface area contributed by atoms with Crippen LogP contribution in [0.25, 0.3) is 5.70 Å². The average Bonchev–Trinajstić information content (AvgIpc) is 3.00. The molecule has 0 unspecified atom stereocenters. The lowest BCUT2D eigenvalue weighted by molar-refractivity contribution is 0.837. The molecule has 1 aromatic heterocycles. The van der Waals surface area contributed by atoms with Crippen LogP contribution in [0, 0.1) is 0 Å². The molecule has 2 rings (SSSR count). The van der Waals surface area contributed by atoms with Crippen molar-refractivity contribution in [2.75, 3.05) is 6.54 Å². The summed E-state index contributed by atoms with van der Waals surface area (Å²) in [5.74, 6) is 0.900. The first-order valence-corrected chi connectivity index (χ1v) is 8.60. The van der Waals surface area contributed by atoms with E-state index in [0.29, 0.717) is 6.54 Å². The summed E-state index contributed by atoms with van der Waals surface area (Å²) in [6, 6.07) is 4.09. The predicted molar refractivity (Wildman–Crippen MR) is 99.3 cm³/mol. The SMILES string of the molecule is C=C(NC(C)=NCC1=C/C(=C/C)CCCC=C1)c1cccs1. The summed E-state index contributed by atoms with van der Waals surface area (Å²) in [6.07, 6.45) is 12.4. The minimum atomic E-state index is 0.699. The molecule has 1 heterocycles. The Labute approximate surface area is 137 Å². The number of nitrogens with one attached hydrogen (secondary N) is 1. The Balaban J connectivity index is 1.98. The normalized spacial score (nSPS) is 17.8. The standard InChI is InChI=1S/C19H24N2S/c1-4-17-9-6-5-7-10-18(13-17)14-20-16(3)21-15(2)19-11-8-12-22-19/h4,7-8,10-13H,2,5-6,9,14H2,1,3H3,(H,20,21)/b10-7?,17-4+,18-13?. The van der Waals surface area contributed by atoms with Crippen molar-refractivity contribution < 1.29 is 0 Å². The molecule has 0 spiro atoms. The second-order valence-corrected chi connectivity index (χ2v) is 6.31. The number of amidine groups is 1. The van der Waals surface area contributed by atoms with Gasteiger partial charge in [-0.2, -0.15) is 0 Å². The van der Waals surface area contributed by atoms with Crippen LogP contribution < -0.4 is 5.32 Å². The summed E-state index contributed by atoms with van der Waals surface area (Å²) >= 11 is 1.68. The lowest BCUT2D eigenvalue weighted by atomic mass is 10.0. The predicted octanol–water partition coefficient (Wildman–Crippen LogP) is 5.34. The Morgan fingerprint density at radius 1 is 1.50 bits per heavy atom. The molecule has 0 amide bonds. The molecule has 0 atom stereocenters. The molecule has 116 valence electrons. The van der Waals surface area contributed by atoms with E-state index in [0.717, 1.165) is 29.3 Å². The molecule has 0 aliphatic heterocycles. The summed E-state index contributed by atoms with van der Waals surface area (Å²) in [5, 5.41) is 5.33. The van der Waals surface area contributed by atoms with Crippen LogP contribution in [-0.4, -0.2) is 12.4 Å². The fraction of sp³-hybridized carbons (Fsp3) is 0.316. The Morgan fingerprint density at radius 3 is 3.09 bits per heavy atom. The zero-order valence-corrected chi connectivity index (χ0v) is 14.2. The number of hydrogen-bond donors (Lipinski definition) is 1. The number of rotatable bonds is 4. The summed E-state index contributed by atoms with van der Waals surface area (Å²) in [5.41, 5.74) is 3.58. The molecule has 22 heavy (non-hydrogen) atoms. The summed E-state index contributed by atoms with van der Waals surface area (Å²) in [6.45, 7) is 8.86. The average molecular weight is 312 g/mol. The molecule has 3 heteroatoms. The van der Waals surface area contributed by atoms with Gasteiger partial charge in [0.25, 0.3) is 0 Å². The molecule has 0 radical (unpaired) electrons. The fourth-order valence-electron chi connectivity index (χ4n) is 2.32. The second kappa shape index (κ2) is 8.54. The Hall–Kier alpha value is -1.87. The Bertz CT molecular complexity index is 616. The van der Waals surface area contributed by atoms with E-state index >= 15 is 0 Å². The van der Waals surface area contributed by atoms with Gasteiger partial charge in [-0.25, -0.2) is 0 Å². The van der Waals surface area contributed by atoms with Gasteiger partial charge in [-0.15, -0.1) is 11.3 Å². The topological polar surface area (TPSA) is 24.4 Å². The summed E-state index contributed by atoms with van der Waals surface area (Å²) < 4.78 is 0. The maximum Gasteiger partial charge on any atom is 0.0979 e. The molecule has 0 fully saturated rings. The number of thiophene rings is 1. The van der Waals surface area contributed by atoms with Crippen LogP contribution >= 0.6 is 11.3 Å². The lowest BCUT2D eigenvalue weighted by Crippen LogP contribution is -2.18. The molecule has 1 aliphatic rings. The Kier molecular flexibility index (Phi) is 6.41. The summed E-state index contributed by atoms with van der Waals surface area (Å²) in [4.78, 5) is 5.79. The third-order valence-corrected chi connectivity index (χ3v) is 4.49. The van der Waals surface area contributed by atoms with E-state index in [-0.39, 0.29) is 0 Å². The van der Waals surface area contributed by atoms with Gasteiger partial charge in [-0.3, -0.25) is 4.99 Å². The lowest BCUT2D eigenvalue weighted by Gasteiger charge is -2.09. The van der Waals surface area contributed by atoms with Crippen molar-refractivity contribution in [2.24, 2.45) is 4.99 Å². The zero-order chi connectivity index (χ0) is 15.8. The van der Waals surface area contributed by atoms with Gasteiger partial charge in [-0.1, -0.05) is 42.5 Å². The maximum atomic E-state index is 4.64. The first-order chi connectivity index (χ1) is 10.7. The van der Waals surface area contributed by atoms with Crippen LogP contribution in [0.4, 0.5) is 0 Å². The molecule has 1 aromatic rings. The molecule has 2 nitrogen and oxygen atoms in total. The van der Waals surface area contributed by atoms with E-state index in [2.05, 4.69) is 59.6 Å². The van der Waals surface area contributed by atoms with Gasteiger partial charge < -0.3 is 5.32 Å². The van der Waals surface area contributed by atoms with Crippen molar-refractivity contribution in [3.8, 4) is 0 Å². The third kappa shape index (κ3) is 5.15. The molecular weight excluding hydrogens is 288 g/mol. The number of allylic oxidation sites excluding steroid dienone is 4. The van der Waals surface area contributed by atoms with Crippen LogP contribution in [0.3, 0.4) is 0 Å². The minimum Gasteiger partial charge on any atom is -0.344 e. The van der Waals surface area contributed by atoms with E-state index in [9.17, 15) is 0 Å². The quantitative estimate of drug-likeness (QED) is 0.589. The summed E-state index contributed by atoms with van der Waals surface area (Å²) in [7, 11) is 0. The first-order valence-electron chi connectivity index (χ1n) is 7.72. The smallest absolute Gasteiger partial charge is 0.0979 e. The second-order valence-electron chi connectivity index (χ2n) is 5.36. The minimum absolute atomic E-state index is 0.699. The molecule has 0 aromatic carbocycles. The highest BCUT2D eigenvalue weighted by molar-refractivity contribution is 7.11. The van der Waals surface area contributed by atoms with Gasteiger partial charge in [0, 0.05) is 10.6 Å². The van der Waals surface area contributed by atoms with E-state index < -0.39 is 0 Å². The van der Waals surface area contributed by atoms with E-state index in [1.54, 1.807) is 11.3 Å². The van der Waals surface area contributed by atoms with E-state index in [4.69, 9.17) is 0 Å². The van der Waals surface area contributed by atoms with Crippen molar-refractivity contribution in [3.63, 3.8) is 0 Å². The molecular formula is C19H24N2S. The van der Waals surface area contributed by atoms with Crippen molar-refractivity contribution in [2.45, 2.75) is 33.1 Å². The van der Waals surface area contributed by atoms with Crippen LogP contribution in [0.2, 0.25) is 0 Å². The maximum absolute atomic E-state index is 4.64.